The van der Waals surface area contributed by atoms with Crippen LogP contribution in [-0.2, 0) is 20.9 Å². The lowest BCUT2D eigenvalue weighted by Gasteiger charge is -2.36. The van der Waals surface area contributed by atoms with Gasteiger partial charge in [-0.05, 0) is 24.6 Å². The maximum Gasteiger partial charge on any atom is 0.252 e. The predicted molar refractivity (Wildman–Crippen MR) is 99.9 cm³/mol. The summed E-state index contributed by atoms with van der Waals surface area (Å²) in [5.74, 6) is -0.0799. The number of nitrogens with one attached hydrogen (secondary N) is 1. The van der Waals surface area contributed by atoms with E-state index in [-0.39, 0.29) is 11.9 Å². The highest BCUT2D eigenvalue weighted by Gasteiger charge is 2.41. The Bertz CT molecular complexity index is 698. The van der Waals surface area contributed by atoms with E-state index in [1.807, 2.05) is 49.4 Å². The highest BCUT2D eigenvalue weighted by molar-refractivity contribution is 7.16. The van der Waals surface area contributed by atoms with Crippen LogP contribution in [0.2, 0.25) is 4.34 Å². The molecule has 0 radical (unpaired) electrons. The summed E-state index contributed by atoms with van der Waals surface area (Å²) in [7, 11) is 0. The standard InChI is InChI=1S/C19H22ClNO3S/c1-14(16-7-8-17(20)25-16)21-18(22)19(9-11-23-12-10-19)24-13-15-5-3-2-4-6-15/h2-8,14H,9-13H2,1H3,(H,21,22)/t14-/m1/s1. The number of thiophene rings is 1. The normalized spacial score (nSPS) is 17.8. The molecule has 3 rings (SSSR count). The van der Waals surface area contributed by atoms with Gasteiger partial charge in [0.15, 0.2) is 5.60 Å². The predicted octanol–water partition coefficient (Wildman–Crippen LogP) is 4.34. The van der Waals surface area contributed by atoms with E-state index in [0.717, 1.165) is 14.8 Å². The molecule has 1 saturated heterocycles. The zero-order chi connectivity index (χ0) is 17.7. The molecule has 25 heavy (non-hydrogen) atoms. The molecule has 2 aromatic rings. The minimum Gasteiger partial charge on any atom is -0.381 e. The van der Waals surface area contributed by atoms with Gasteiger partial charge in [-0.2, -0.15) is 0 Å². The number of amides is 1. The smallest absolute Gasteiger partial charge is 0.252 e. The lowest BCUT2D eigenvalue weighted by molar-refractivity contribution is -0.164. The summed E-state index contributed by atoms with van der Waals surface area (Å²) in [5.41, 5.74) is 0.211. The average Bonchev–Trinajstić information content (AvgIpc) is 3.08. The third-order valence-electron chi connectivity index (χ3n) is 4.44. The van der Waals surface area contributed by atoms with Gasteiger partial charge in [-0.3, -0.25) is 4.79 Å². The average molecular weight is 380 g/mol. The molecule has 0 bridgehead atoms. The van der Waals surface area contributed by atoms with E-state index in [1.54, 1.807) is 0 Å². The molecular weight excluding hydrogens is 358 g/mol. The van der Waals surface area contributed by atoms with Crippen LogP contribution in [0.25, 0.3) is 0 Å². The minimum atomic E-state index is -0.844. The van der Waals surface area contributed by atoms with Crippen molar-refractivity contribution < 1.29 is 14.3 Å². The quantitative estimate of drug-likeness (QED) is 0.811. The third-order valence-corrected chi connectivity index (χ3v) is 5.85. The molecule has 1 aliphatic rings. The minimum absolute atomic E-state index is 0.0799. The van der Waals surface area contributed by atoms with Crippen molar-refractivity contribution >= 4 is 28.8 Å². The van der Waals surface area contributed by atoms with Crippen LogP contribution in [0.5, 0.6) is 0 Å². The van der Waals surface area contributed by atoms with Crippen LogP contribution < -0.4 is 5.32 Å². The third kappa shape index (κ3) is 4.61. The van der Waals surface area contributed by atoms with Crippen LogP contribution in [0, 0.1) is 0 Å². The first-order valence-corrected chi connectivity index (χ1v) is 9.60. The molecule has 1 atom stereocenters. The fourth-order valence-corrected chi connectivity index (χ4v) is 3.96. The Labute approximate surface area is 157 Å². The lowest BCUT2D eigenvalue weighted by Crippen LogP contribution is -2.52. The number of carbonyl (C=O) groups excluding carboxylic acids is 1. The Kier molecular flexibility index (Phi) is 6.12. The second kappa shape index (κ2) is 8.32. The van der Waals surface area contributed by atoms with Gasteiger partial charge in [-0.25, -0.2) is 0 Å². The Balaban J connectivity index is 1.69. The van der Waals surface area contributed by atoms with Crippen molar-refractivity contribution in [2.45, 2.75) is 38.0 Å². The number of carbonyl (C=O) groups is 1. The molecule has 0 saturated carbocycles. The van der Waals surface area contributed by atoms with Gasteiger partial charge in [-0.1, -0.05) is 41.9 Å². The Morgan fingerprint density at radius 3 is 2.64 bits per heavy atom. The van der Waals surface area contributed by atoms with Gasteiger partial charge in [-0.15, -0.1) is 11.3 Å². The van der Waals surface area contributed by atoms with E-state index in [0.29, 0.717) is 32.7 Å². The van der Waals surface area contributed by atoms with Crippen molar-refractivity contribution in [1.29, 1.82) is 0 Å². The molecule has 1 amide bonds. The Morgan fingerprint density at radius 1 is 1.28 bits per heavy atom. The number of hydrogen-bond acceptors (Lipinski definition) is 4. The van der Waals surface area contributed by atoms with Crippen LogP contribution >= 0.6 is 22.9 Å². The van der Waals surface area contributed by atoms with Gasteiger partial charge in [0.2, 0.25) is 0 Å². The zero-order valence-electron chi connectivity index (χ0n) is 14.2. The molecular formula is C19H22ClNO3S. The maximum absolute atomic E-state index is 13.0. The largest absolute Gasteiger partial charge is 0.381 e. The summed E-state index contributed by atoms with van der Waals surface area (Å²) in [6.07, 6.45) is 1.12. The van der Waals surface area contributed by atoms with E-state index >= 15 is 0 Å². The Hall–Kier alpha value is -1.40. The van der Waals surface area contributed by atoms with Gasteiger partial charge in [0.25, 0.3) is 5.91 Å². The molecule has 1 aromatic carbocycles. The number of benzene rings is 1. The van der Waals surface area contributed by atoms with Crippen LogP contribution in [0.4, 0.5) is 0 Å². The summed E-state index contributed by atoms with van der Waals surface area (Å²) in [5, 5.41) is 3.09. The molecule has 0 spiro atoms. The van der Waals surface area contributed by atoms with Gasteiger partial charge in [0.05, 0.1) is 17.0 Å². The van der Waals surface area contributed by atoms with E-state index in [9.17, 15) is 4.79 Å². The Morgan fingerprint density at radius 2 is 2.00 bits per heavy atom. The summed E-state index contributed by atoms with van der Waals surface area (Å²) in [6, 6.07) is 13.6. The van der Waals surface area contributed by atoms with Crippen molar-refractivity contribution in [3.8, 4) is 0 Å². The van der Waals surface area contributed by atoms with E-state index < -0.39 is 5.60 Å². The fourth-order valence-electron chi connectivity index (χ4n) is 2.89. The van der Waals surface area contributed by atoms with Crippen LogP contribution in [-0.4, -0.2) is 24.7 Å². The molecule has 1 aromatic heterocycles. The zero-order valence-corrected chi connectivity index (χ0v) is 15.7. The molecule has 6 heteroatoms. The molecule has 1 aliphatic heterocycles. The highest BCUT2D eigenvalue weighted by Crippen LogP contribution is 2.30. The van der Waals surface area contributed by atoms with Gasteiger partial charge in [0, 0.05) is 30.9 Å². The number of ether oxygens (including phenoxy) is 2. The van der Waals surface area contributed by atoms with Crippen LogP contribution in [0.1, 0.15) is 36.2 Å². The summed E-state index contributed by atoms with van der Waals surface area (Å²) < 4.78 is 12.3. The molecule has 1 N–H and O–H groups in total. The number of rotatable bonds is 6. The first kappa shape index (κ1) is 18.4. The van der Waals surface area contributed by atoms with Crippen LogP contribution in [0.15, 0.2) is 42.5 Å². The highest BCUT2D eigenvalue weighted by atomic mass is 35.5. The topological polar surface area (TPSA) is 47.6 Å². The van der Waals surface area contributed by atoms with Gasteiger partial charge < -0.3 is 14.8 Å². The summed E-state index contributed by atoms with van der Waals surface area (Å²) >= 11 is 7.48. The molecule has 0 unspecified atom stereocenters. The van der Waals surface area contributed by atoms with Crippen molar-refractivity contribution in [2.24, 2.45) is 0 Å². The van der Waals surface area contributed by atoms with Crippen molar-refractivity contribution in [3.63, 3.8) is 0 Å². The molecule has 1 fully saturated rings. The SMILES string of the molecule is C[C@@H](NC(=O)C1(OCc2ccccc2)CCOCC1)c1ccc(Cl)s1. The van der Waals surface area contributed by atoms with Crippen molar-refractivity contribution in [1.82, 2.24) is 5.32 Å². The van der Waals surface area contributed by atoms with E-state index in [4.69, 9.17) is 21.1 Å². The first-order chi connectivity index (χ1) is 12.1. The van der Waals surface area contributed by atoms with Crippen molar-refractivity contribution in [3.05, 3.63) is 57.2 Å². The molecule has 0 aliphatic carbocycles. The van der Waals surface area contributed by atoms with Gasteiger partial charge in [0.1, 0.15) is 0 Å². The molecule has 4 nitrogen and oxygen atoms in total. The first-order valence-electron chi connectivity index (χ1n) is 8.41. The molecule has 134 valence electrons. The summed E-state index contributed by atoms with van der Waals surface area (Å²) in [6.45, 7) is 3.43. The molecule has 2 heterocycles. The van der Waals surface area contributed by atoms with E-state index in [1.165, 1.54) is 11.3 Å². The van der Waals surface area contributed by atoms with Gasteiger partial charge >= 0.3 is 0 Å². The number of hydrogen-bond donors (Lipinski definition) is 1. The lowest BCUT2D eigenvalue weighted by atomic mass is 9.92. The fraction of sp³-hybridized carbons (Fsp3) is 0.421. The second-order valence-corrected chi connectivity index (χ2v) is 7.96. The second-order valence-electron chi connectivity index (χ2n) is 6.22. The van der Waals surface area contributed by atoms with Crippen LogP contribution in [0.3, 0.4) is 0 Å². The monoisotopic (exact) mass is 379 g/mol. The van der Waals surface area contributed by atoms with E-state index in [2.05, 4.69) is 5.32 Å². The number of halogens is 1. The summed E-state index contributed by atoms with van der Waals surface area (Å²) in [4.78, 5) is 14.0. The van der Waals surface area contributed by atoms with Crippen molar-refractivity contribution in [2.75, 3.05) is 13.2 Å². The maximum atomic E-state index is 13.0.